The second-order valence-corrected chi connectivity index (χ2v) is 11.4. The maximum atomic E-state index is 13.5. The van der Waals surface area contributed by atoms with Crippen molar-refractivity contribution in [3.8, 4) is 0 Å². The Morgan fingerprint density at radius 2 is 1.88 bits per heavy atom. The normalized spacial score (nSPS) is 15.6. The van der Waals surface area contributed by atoms with E-state index in [4.69, 9.17) is 11.6 Å². The monoisotopic (exact) mass is 498 g/mol. The molecular formula is C26H31ClN4O2S. The Balaban J connectivity index is 1.68. The highest BCUT2D eigenvalue weighted by Gasteiger charge is 2.34. The molecule has 2 aromatic heterocycles. The Hall–Kier alpha value is -2.64. The van der Waals surface area contributed by atoms with Gasteiger partial charge in [0, 0.05) is 17.6 Å². The molecule has 0 unspecified atom stereocenters. The molecule has 2 heterocycles. The summed E-state index contributed by atoms with van der Waals surface area (Å²) in [5.74, 6) is -0.0640. The molecule has 0 bridgehead atoms. The minimum Gasteiger partial charge on any atom is -0.322 e. The number of carbonyl (C=O) groups excluding carboxylic acids is 2. The van der Waals surface area contributed by atoms with Gasteiger partial charge in [0.1, 0.15) is 10.7 Å². The van der Waals surface area contributed by atoms with Gasteiger partial charge < -0.3 is 10.6 Å². The predicted molar refractivity (Wildman–Crippen MR) is 139 cm³/mol. The molecule has 0 saturated heterocycles. The number of aromatic nitrogens is 2. The molecular weight excluding hydrogens is 468 g/mol. The number of halogens is 1. The third-order valence-electron chi connectivity index (χ3n) is 6.67. The molecule has 0 saturated carbocycles. The summed E-state index contributed by atoms with van der Waals surface area (Å²) in [6.45, 7) is 8.88. The maximum Gasteiger partial charge on any atom is 0.276 e. The van der Waals surface area contributed by atoms with Crippen molar-refractivity contribution in [1.82, 2.24) is 9.78 Å². The van der Waals surface area contributed by atoms with Gasteiger partial charge >= 0.3 is 0 Å². The summed E-state index contributed by atoms with van der Waals surface area (Å²) >= 11 is 7.69. The number of carbonyl (C=O) groups is 2. The van der Waals surface area contributed by atoms with Gasteiger partial charge in [-0.15, -0.1) is 11.3 Å². The summed E-state index contributed by atoms with van der Waals surface area (Å²) in [5.41, 5.74) is 3.98. The molecule has 0 aliphatic heterocycles. The third kappa shape index (κ3) is 4.91. The topological polar surface area (TPSA) is 76.0 Å². The maximum absolute atomic E-state index is 13.5. The van der Waals surface area contributed by atoms with E-state index < -0.39 is 0 Å². The summed E-state index contributed by atoms with van der Waals surface area (Å²) in [4.78, 5) is 27.7. The minimum absolute atomic E-state index is 0.177. The van der Waals surface area contributed by atoms with Crippen LogP contribution in [-0.4, -0.2) is 21.6 Å². The molecule has 180 valence electrons. The Kier molecular flexibility index (Phi) is 6.87. The summed E-state index contributed by atoms with van der Waals surface area (Å²) < 4.78 is 1.44. The van der Waals surface area contributed by atoms with Crippen LogP contribution in [0.15, 0.2) is 30.5 Å². The second kappa shape index (κ2) is 9.55. The van der Waals surface area contributed by atoms with Crippen LogP contribution in [0.2, 0.25) is 5.02 Å². The molecule has 1 aromatic carbocycles. The Labute approximate surface area is 209 Å². The van der Waals surface area contributed by atoms with Crippen molar-refractivity contribution >= 4 is 45.4 Å². The number of rotatable bonds is 5. The molecule has 6 nitrogen and oxygen atoms in total. The van der Waals surface area contributed by atoms with Crippen LogP contribution in [0, 0.1) is 11.3 Å². The van der Waals surface area contributed by atoms with Crippen LogP contribution in [-0.2, 0) is 26.3 Å². The molecule has 0 spiro atoms. The number of hydrogen-bond acceptors (Lipinski definition) is 4. The number of fused-ring (bicyclic) bond motifs is 1. The lowest BCUT2D eigenvalue weighted by molar-refractivity contribution is 0.101. The molecule has 34 heavy (non-hydrogen) atoms. The van der Waals surface area contributed by atoms with Crippen LogP contribution >= 0.6 is 22.9 Å². The smallest absolute Gasteiger partial charge is 0.276 e. The number of nitrogens with one attached hydrogen (secondary N) is 2. The number of amides is 2. The lowest BCUT2D eigenvalue weighted by Crippen LogP contribution is -2.27. The molecule has 2 N–H and O–H groups in total. The molecule has 1 aliphatic rings. The van der Waals surface area contributed by atoms with Crippen molar-refractivity contribution in [2.75, 3.05) is 10.6 Å². The van der Waals surface area contributed by atoms with E-state index >= 15 is 0 Å². The number of nitrogens with zero attached hydrogens (tertiary/aromatic N) is 2. The van der Waals surface area contributed by atoms with Crippen LogP contribution in [0.1, 0.15) is 71.0 Å². The van der Waals surface area contributed by atoms with Gasteiger partial charge in [0.2, 0.25) is 0 Å². The highest BCUT2D eigenvalue weighted by molar-refractivity contribution is 7.17. The van der Waals surface area contributed by atoms with Gasteiger partial charge in [0.25, 0.3) is 11.8 Å². The van der Waals surface area contributed by atoms with Crippen molar-refractivity contribution < 1.29 is 9.59 Å². The van der Waals surface area contributed by atoms with Gasteiger partial charge in [-0.05, 0) is 60.3 Å². The number of thiophene rings is 1. The first-order valence-corrected chi connectivity index (χ1v) is 12.8. The summed E-state index contributed by atoms with van der Waals surface area (Å²) in [6, 6.07) is 7.86. The van der Waals surface area contributed by atoms with E-state index in [9.17, 15) is 9.59 Å². The fourth-order valence-electron chi connectivity index (χ4n) is 4.50. The first-order chi connectivity index (χ1) is 16.1. The Morgan fingerprint density at radius 1 is 1.18 bits per heavy atom. The average Bonchev–Trinajstić information content (AvgIpc) is 3.31. The first-order valence-electron chi connectivity index (χ1n) is 11.6. The van der Waals surface area contributed by atoms with Gasteiger partial charge in [-0.25, -0.2) is 0 Å². The summed E-state index contributed by atoms with van der Waals surface area (Å²) in [7, 11) is 1.67. The van der Waals surface area contributed by atoms with Gasteiger partial charge in [-0.1, -0.05) is 51.4 Å². The largest absolute Gasteiger partial charge is 0.322 e. The standard InChI is InChI=1S/C26H31ClN4O2S/c1-6-15-7-10-17(11-8-15)29-23(32)21-18-12-9-16(26(2,3)4)13-20(18)34-25(21)30-24(33)22-19(27)14-28-31(22)5/h7-8,10-11,14,16H,6,9,12-13H2,1-5H3,(H,29,32)(H,30,33)/t16-/m1/s1. The fraction of sp³-hybridized carbons (Fsp3) is 0.423. The molecule has 8 heteroatoms. The van der Waals surface area contributed by atoms with E-state index in [2.05, 4.69) is 43.4 Å². The molecule has 1 atom stereocenters. The lowest BCUT2D eigenvalue weighted by atomic mass is 9.72. The van der Waals surface area contributed by atoms with Gasteiger partial charge in [0.05, 0.1) is 16.8 Å². The molecule has 0 fully saturated rings. The van der Waals surface area contributed by atoms with Gasteiger partial charge in [-0.3, -0.25) is 14.3 Å². The number of anilines is 2. The van der Waals surface area contributed by atoms with Gasteiger partial charge in [-0.2, -0.15) is 5.10 Å². The highest BCUT2D eigenvalue weighted by atomic mass is 35.5. The van der Waals surface area contributed by atoms with Crippen molar-refractivity contribution in [2.24, 2.45) is 18.4 Å². The zero-order valence-corrected chi connectivity index (χ0v) is 21.9. The molecule has 0 radical (unpaired) electrons. The number of benzene rings is 1. The average molecular weight is 499 g/mol. The van der Waals surface area contributed by atoms with E-state index in [1.807, 2.05) is 24.3 Å². The quantitative estimate of drug-likeness (QED) is 0.430. The zero-order chi connectivity index (χ0) is 24.6. The number of hydrogen-bond donors (Lipinski definition) is 2. The second-order valence-electron chi connectivity index (χ2n) is 9.94. The number of aryl methyl sites for hydroxylation is 2. The van der Waals surface area contributed by atoms with Crippen LogP contribution in [0.3, 0.4) is 0 Å². The van der Waals surface area contributed by atoms with Crippen LogP contribution in [0.25, 0.3) is 0 Å². The Bertz CT molecular complexity index is 1200. The SMILES string of the molecule is CCc1ccc(NC(=O)c2c(NC(=O)c3c(Cl)cnn3C)sc3c2CC[C@@H](C(C)(C)C)C3)cc1. The van der Waals surface area contributed by atoms with E-state index in [0.29, 0.717) is 16.5 Å². The van der Waals surface area contributed by atoms with Crippen LogP contribution in [0.5, 0.6) is 0 Å². The fourth-order valence-corrected chi connectivity index (χ4v) is 6.07. The Morgan fingerprint density at radius 3 is 2.47 bits per heavy atom. The molecule has 3 aromatic rings. The van der Waals surface area contributed by atoms with Gasteiger partial charge in [0.15, 0.2) is 0 Å². The van der Waals surface area contributed by atoms with Crippen molar-refractivity contribution in [3.05, 3.63) is 62.7 Å². The lowest BCUT2D eigenvalue weighted by Gasteiger charge is -2.33. The summed E-state index contributed by atoms with van der Waals surface area (Å²) in [6.07, 6.45) is 5.11. The van der Waals surface area contributed by atoms with E-state index in [0.717, 1.165) is 36.9 Å². The van der Waals surface area contributed by atoms with E-state index in [1.54, 1.807) is 7.05 Å². The predicted octanol–water partition coefficient (Wildman–Crippen LogP) is 6.35. The van der Waals surface area contributed by atoms with Crippen molar-refractivity contribution in [3.63, 3.8) is 0 Å². The van der Waals surface area contributed by atoms with E-state index in [-0.39, 0.29) is 27.9 Å². The highest BCUT2D eigenvalue weighted by Crippen LogP contribution is 2.44. The third-order valence-corrected chi connectivity index (χ3v) is 8.12. The van der Waals surface area contributed by atoms with Crippen molar-refractivity contribution in [2.45, 2.75) is 53.4 Å². The van der Waals surface area contributed by atoms with Crippen LogP contribution in [0.4, 0.5) is 10.7 Å². The molecule has 2 amide bonds. The molecule has 1 aliphatic carbocycles. The minimum atomic E-state index is -0.377. The first kappa shape index (κ1) is 24.5. The summed E-state index contributed by atoms with van der Waals surface area (Å²) in [5, 5.41) is 10.9. The van der Waals surface area contributed by atoms with E-state index in [1.165, 1.54) is 32.7 Å². The zero-order valence-electron chi connectivity index (χ0n) is 20.3. The molecule has 4 rings (SSSR count). The van der Waals surface area contributed by atoms with Crippen molar-refractivity contribution in [1.29, 1.82) is 0 Å². The van der Waals surface area contributed by atoms with Crippen LogP contribution < -0.4 is 10.6 Å².